The summed E-state index contributed by atoms with van der Waals surface area (Å²) in [5, 5.41) is 10.5. The number of hydroxylamine groups is 2. The molecule has 4 heteroatoms. The molecule has 0 amide bonds. The van der Waals surface area contributed by atoms with Gasteiger partial charge in [0.05, 0.1) is 24.3 Å². The van der Waals surface area contributed by atoms with Crippen LogP contribution in [-0.4, -0.2) is 40.3 Å². The van der Waals surface area contributed by atoms with Gasteiger partial charge < -0.3 is 14.7 Å². The fraction of sp³-hybridized carbons (Fsp3) is 1.00. The SMILES string of the molecule is CCCC1(C)COC2(CC(C)(C)N([OH2+])C(CC)(CC)C2)OC1. The minimum atomic E-state index is -0.500. The molecule has 2 rings (SSSR count). The Kier molecular flexibility index (Phi) is 5.00. The van der Waals surface area contributed by atoms with Gasteiger partial charge in [-0.1, -0.05) is 39.2 Å². The van der Waals surface area contributed by atoms with Gasteiger partial charge in [0.1, 0.15) is 0 Å². The number of nitrogens with zero attached hydrogens (tertiary/aromatic N) is 1. The highest BCUT2D eigenvalue weighted by atomic mass is 16.7. The molecule has 2 heterocycles. The van der Waals surface area contributed by atoms with Crippen molar-refractivity contribution in [2.75, 3.05) is 13.2 Å². The average molecular weight is 314 g/mol. The predicted molar refractivity (Wildman–Crippen MR) is 89.7 cm³/mol. The van der Waals surface area contributed by atoms with Gasteiger partial charge in [0.15, 0.2) is 5.79 Å². The topological polar surface area (TPSA) is 44.6 Å². The molecule has 0 saturated carbocycles. The second-order valence-corrected chi connectivity index (χ2v) is 8.48. The molecule has 0 unspecified atom stereocenters. The van der Waals surface area contributed by atoms with E-state index in [1.54, 1.807) is 0 Å². The van der Waals surface area contributed by atoms with E-state index in [1.807, 2.05) is 5.06 Å². The van der Waals surface area contributed by atoms with Crippen molar-refractivity contribution < 1.29 is 14.7 Å². The first-order chi connectivity index (χ1) is 10.2. The van der Waals surface area contributed by atoms with Crippen LogP contribution in [0.15, 0.2) is 0 Å². The second-order valence-electron chi connectivity index (χ2n) is 8.48. The summed E-state index contributed by atoms with van der Waals surface area (Å²) < 4.78 is 12.8. The van der Waals surface area contributed by atoms with Crippen LogP contribution >= 0.6 is 0 Å². The molecular weight excluding hydrogens is 278 g/mol. The smallest absolute Gasteiger partial charge is 0.172 e. The summed E-state index contributed by atoms with van der Waals surface area (Å²) in [5.74, 6) is -0.500. The van der Waals surface area contributed by atoms with Crippen molar-refractivity contribution in [3.05, 3.63) is 0 Å². The van der Waals surface area contributed by atoms with E-state index in [4.69, 9.17) is 14.7 Å². The van der Waals surface area contributed by atoms with Crippen molar-refractivity contribution in [1.29, 1.82) is 0 Å². The van der Waals surface area contributed by atoms with Crippen molar-refractivity contribution >= 4 is 0 Å². The zero-order chi connectivity index (χ0) is 16.6. The molecule has 0 aromatic rings. The maximum Gasteiger partial charge on any atom is 0.172 e. The lowest BCUT2D eigenvalue weighted by Gasteiger charge is -2.57. The van der Waals surface area contributed by atoms with E-state index in [2.05, 4.69) is 41.5 Å². The summed E-state index contributed by atoms with van der Waals surface area (Å²) >= 11 is 0. The third-order valence-electron chi connectivity index (χ3n) is 5.92. The van der Waals surface area contributed by atoms with Gasteiger partial charge in [0, 0.05) is 18.3 Å². The van der Waals surface area contributed by atoms with Crippen LogP contribution in [0.3, 0.4) is 0 Å². The lowest BCUT2D eigenvalue weighted by Crippen LogP contribution is -2.68. The van der Waals surface area contributed by atoms with Crippen LogP contribution < -0.4 is 0 Å². The molecule has 0 radical (unpaired) electrons. The van der Waals surface area contributed by atoms with Gasteiger partial charge >= 0.3 is 0 Å². The molecule has 0 aliphatic carbocycles. The summed E-state index contributed by atoms with van der Waals surface area (Å²) in [4.78, 5) is 0. The Labute approximate surface area is 136 Å². The molecular formula is C18H36NO3+. The van der Waals surface area contributed by atoms with Gasteiger partial charge in [-0.25, -0.2) is 0 Å². The average Bonchev–Trinajstić information content (AvgIpc) is 2.47. The van der Waals surface area contributed by atoms with Crippen LogP contribution in [0.5, 0.6) is 0 Å². The number of rotatable bonds is 4. The third kappa shape index (κ3) is 3.08. The molecule has 130 valence electrons. The number of hydrogen-bond acceptors (Lipinski definition) is 3. The number of piperidine rings is 1. The Morgan fingerprint density at radius 3 is 1.95 bits per heavy atom. The van der Waals surface area contributed by atoms with E-state index >= 15 is 0 Å². The summed E-state index contributed by atoms with van der Waals surface area (Å²) in [7, 11) is 0. The normalized spacial score (nSPS) is 38.3. The molecule has 2 N–H and O–H groups in total. The summed E-state index contributed by atoms with van der Waals surface area (Å²) in [6.45, 7) is 14.7. The third-order valence-corrected chi connectivity index (χ3v) is 5.92. The monoisotopic (exact) mass is 314 g/mol. The highest BCUT2D eigenvalue weighted by molar-refractivity contribution is 5.05. The van der Waals surface area contributed by atoms with Gasteiger partial charge in [0.25, 0.3) is 0 Å². The Balaban J connectivity index is 2.22. The van der Waals surface area contributed by atoms with E-state index < -0.39 is 5.79 Å². The second kappa shape index (κ2) is 6.04. The number of ether oxygens (including phenoxy) is 2. The quantitative estimate of drug-likeness (QED) is 0.745. The van der Waals surface area contributed by atoms with Crippen molar-refractivity contribution in [2.45, 2.75) is 96.9 Å². The minimum Gasteiger partial charge on any atom is -0.349 e. The summed E-state index contributed by atoms with van der Waals surface area (Å²) in [6, 6.07) is 0. The molecule has 0 atom stereocenters. The van der Waals surface area contributed by atoms with Crippen LogP contribution in [0.4, 0.5) is 0 Å². The maximum absolute atomic E-state index is 8.65. The van der Waals surface area contributed by atoms with Gasteiger partial charge in [-0.15, -0.1) is 0 Å². The highest BCUT2D eigenvalue weighted by Gasteiger charge is 2.60. The van der Waals surface area contributed by atoms with Crippen molar-refractivity contribution in [1.82, 2.24) is 5.06 Å². The number of hydrogen-bond donors (Lipinski definition) is 0. The van der Waals surface area contributed by atoms with Gasteiger partial charge in [-0.2, -0.15) is 0 Å². The van der Waals surface area contributed by atoms with E-state index in [9.17, 15) is 0 Å². The van der Waals surface area contributed by atoms with Gasteiger partial charge in [-0.05, 0) is 33.1 Å². The van der Waals surface area contributed by atoms with E-state index in [0.29, 0.717) is 0 Å². The van der Waals surface area contributed by atoms with E-state index in [1.165, 1.54) is 0 Å². The molecule has 0 aromatic carbocycles. The first-order valence-corrected chi connectivity index (χ1v) is 8.96. The molecule has 2 fully saturated rings. The largest absolute Gasteiger partial charge is 0.349 e. The van der Waals surface area contributed by atoms with E-state index in [-0.39, 0.29) is 16.5 Å². The Bertz CT molecular complexity index is 382. The Hall–Kier alpha value is -0.160. The van der Waals surface area contributed by atoms with Crippen molar-refractivity contribution in [2.24, 2.45) is 5.41 Å². The molecule has 22 heavy (non-hydrogen) atoms. The summed E-state index contributed by atoms with van der Waals surface area (Å²) in [5.41, 5.74) is -0.244. The standard InChI is InChI=1S/C18H35NO3/c1-7-10-16(6)13-21-18(22-14-16)11-15(4,5)19(20)17(8-2,9-3)12-18/h20H,7-14H2,1-6H3/p+1. The predicted octanol–water partition coefficient (Wildman–Crippen LogP) is 3.61. The summed E-state index contributed by atoms with van der Waals surface area (Å²) in [6.07, 6.45) is 5.80. The fourth-order valence-electron chi connectivity index (χ4n) is 4.49. The van der Waals surface area contributed by atoms with Crippen LogP contribution in [0.2, 0.25) is 0 Å². The van der Waals surface area contributed by atoms with Gasteiger partial charge in [0.2, 0.25) is 0 Å². The van der Waals surface area contributed by atoms with E-state index in [0.717, 1.165) is 51.7 Å². The zero-order valence-corrected chi connectivity index (χ0v) is 15.4. The highest BCUT2D eigenvalue weighted by Crippen LogP contribution is 2.50. The lowest BCUT2D eigenvalue weighted by molar-refractivity contribution is -0.377. The lowest BCUT2D eigenvalue weighted by atomic mass is 9.72. The van der Waals surface area contributed by atoms with Crippen molar-refractivity contribution in [3.8, 4) is 0 Å². The van der Waals surface area contributed by atoms with Crippen LogP contribution in [0, 0.1) is 5.41 Å². The van der Waals surface area contributed by atoms with Crippen LogP contribution in [0.1, 0.15) is 80.1 Å². The Morgan fingerprint density at radius 2 is 1.50 bits per heavy atom. The Morgan fingerprint density at radius 1 is 0.955 bits per heavy atom. The molecule has 4 nitrogen and oxygen atoms in total. The van der Waals surface area contributed by atoms with Gasteiger partial charge in [-0.3, -0.25) is 0 Å². The zero-order valence-electron chi connectivity index (χ0n) is 15.4. The van der Waals surface area contributed by atoms with Crippen LogP contribution in [0.25, 0.3) is 0 Å². The molecule has 1 spiro atoms. The minimum absolute atomic E-state index is 0.142. The van der Waals surface area contributed by atoms with Crippen molar-refractivity contribution in [3.63, 3.8) is 0 Å². The molecule has 2 saturated heterocycles. The molecule has 2 aliphatic heterocycles. The maximum atomic E-state index is 8.65. The van der Waals surface area contributed by atoms with Crippen LogP contribution in [-0.2, 0) is 9.47 Å². The molecule has 2 aliphatic rings. The molecule has 0 aromatic heterocycles. The first kappa shape index (κ1) is 18.2. The fourth-order valence-corrected chi connectivity index (χ4v) is 4.49. The molecule has 0 bridgehead atoms. The first-order valence-electron chi connectivity index (χ1n) is 8.96.